The summed E-state index contributed by atoms with van der Waals surface area (Å²) in [6, 6.07) is 13.9. The summed E-state index contributed by atoms with van der Waals surface area (Å²) in [6.07, 6.45) is 3.77. The van der Waals surface area contributed by atoms with E-state index in [9.17, 15) is 14.4 Å². The lowest BCUT2D eigenvalue weighted by Gasteiger charge is -2.33. The molecule has 4 rings (SSSR count). The predicted octanol–water partition coefficient (Wildman–Crippen LogP) is 2.47. The number of nitrogens with one attached hydrogen (secondary N) is 2. The number of nitrogens with zero attached hydrogens (tertiary/aromatic N) is 1. The molecule has 1 saturated heterocycles. The monoisotopic (exact) mass is 506 g/mol. The van der Waals surface area contributed by atoms with Gasteiger partial charge in [-0.3, -0.25) is 14.4 Å². The van der Waals surface area contributed by atoms with Crippen molar-refractivity contribution in [2.75, 3.05) is 19.7 Å². The van der Waals surface area contributed by atoms with Crippen molar-refractivity contribution < 1.29 is 19.1 Å². The standard InChI is InChI=1S/C29H38N4O4/c1-20-9-11-24-16-23(20)18-31-29(36)26(12-10-21-6-3-2-4-7-21)32-28(35)25(30)17-27(34)33-14-5-8-22(19-33)13-15-37-24/h2-4,6-7,9,11,16,22,25-26H,5,8,10,12-15,17-19,30H2,1H3,(H,31,36)(H,32,35)/t22?,25-,26-/m0/s1. The van der Waals surface area contributed by atoms with Crippen molar-refractivity contribution in [1.29, 1.82) is 0 Å². The normalized spacial score (nSPS) is 23.8. The fraction of sp³-hybridized carbons (Fsp3) is 0.483. The van der Waals surface area contributed by atoms with Gasteiger partial charge in [0.05, 0.1) is 19.1 Å². The molecule has 2 aliphatic rings. The van der Waals surface area contributed by atoms with Crippen molar-refractivity contribution in [3.05, 3.63) is 65.2 Å². The number of carbonyl (C=O) groups is 3. The van der Waals surface area contributed by atoms with E-state index >= 15 is 0 Å². The first-order valence-corrected chi connectivity index (χ1v) is 13.3. The Morgan fingerprint density at radius 3 is 2.68 bits per heavy atom. The molecule has 0 aromatic heterocycles. The maximum atomic E-state index is 13.2. The average molecular weight is 507 g/mol. The highest BCUT2D eigenvalue weighted by molar-refractivity contribution is 5.92. The average Bonchev–Trinajstić information content (AvgIpc) is 2.91. The van der Waals surface area contributed by atoms with Gasteiger partial charge in [-0.15, -0.1) is 0 Å². The molecule has 0 radical (unpaired) electrons. The molecule has 0 aliphatic carbocycles. The summed E-state index contributed by atoms with van der Waals surface area (Å²) in [6.45, 7) is 4.21. The molecule has 0 saturated carbocycles. The summed E-state index contributed by atoms with van der Waals surface area (Å²) >= 11 is 0. The molecule has 4 bridgehead atoms. The third-order valence-electron chi connectivity index (χ3n) is 7.37. The minimum absolute atomic E-state index is 0.0775. The highest BCUT2D eigenvalue weighted by atomic mass is 16.5. The van der Waals surface area contributed by atoms with Crippen molar-refractivity contribution >= 4 is 17.7 Å². The van der Waals surface area contributed by atoms with Gasteiger partial charge in [0, 0.05) is 19.6 Å². The van der Waals surface area contributed by atoms with Crippen LogP contribution in [0.15, 0.2) is 48.5 Å². The first kappa shape index (κ1) is 26.7. The third-order valence-corrected chi connectivity index (χ3v) is 7.37. The summed E-state index contributed by atoms with van der Waals surface area (Å²) in [5.74, 6) is 0.229. The Labute approximate surface area is 218 Å². The molecule has 1 fully saturated rings. The van der Waals surface area contributed by atoms with Crippen LogP contribution >= 0.6 is 0 Å². The van der Waals surface area contributed by atoms with Gasteiger partial charge in [0.2, 0.25) is 17.7 Å². The second-order valence-electron chi connectivity index (χ2n) is 10.2. The van der Waals surface area contributed by atoms with Gasteiger partial charge in [0.25, 0.3) is 0 Å². The number of hydrogen-bond donors (Lipinski definition) is 3. The van der Waals surface area contributed by atoms with Crippen molar-refractivity contribution in [2.24, 2.45) is 11.7 Å². The topological polar surface area (TPSA) is 114 Å². The molecular formula is C29H38N4O4. The number of fused-ring (bicyclic) bond motifs is 4. The number of nitrogens with two attached hydrogens (primary N) is 1. The Kier molecular flexibility index (Phi) is 9.17. The van der Waals surface area contributed by atoms with Gasteiger partial charge in [-0.25, -0.2) is 0 Å². The number of benzene rings is 2. The largest absolute Gasteiger partial charge is 0.494 e. The molecule has 2 aromatic rings. The van der Waals surface area contributed by atoms with Crippen LogP contribution in [0, 0.1) is 12.8 Å². The maximum Gasteiger partial charge on any atom is 0.242 e. The Morgan fingerprint density at radius 1 is 1.05 bits per heavy atom. The fourth-order valence-electron chi connectivity index (χ4n) is 5.02. The van der Waals surface area contributed by atoms with Crippen LogP contribution in [0.5, 0.6) is 5.75 Å². The summed E-state index contributed by atoms with van der Waals surface area (Å²) < 4.78 is 6.04. The molecule has 3 atom stereocenters. The van der Waals surface area contributed by atoms with Gasteiger partial charge < -0.3 is 26.0 Å². The van der Waals surface area contributed by atoms with E-state index in [1.54, 1.807) is 0 Å². The van der Waals surface area contributed by atoms with Crippen LogP contribution in [0.4, 0.5) is 0 Å². The number of ether oxygens (including phenoxy) is 1. The zero-order valence-corrected chi connectivity index (χ0v) is 21.6. The Balaban J connectivity index is 1.53. The minimum Gasteiger partial charge on any atom is -0.494 e. The zero-order valence-electron chi connectivity index (χ0n) is 21.6. The minimum atomic E-state index is -1.01. The van der Waals surface area contributed by atoms with Crippen molar-refractivity contribution in [3.8, 4) is 5.75 Å². The smallest absolute Gasteiger partial charge is 0.242 e. The molecule has 4 N–H and O–H groups in total. The maximum absolute atomic E-state index is 13.2. The number of aryl methyl sites for hydroxylation is 2. The summed E-state index contributed by atoms with van der Waals surface area (Å²) in [5.41, 5.74) is 9.24. The van der Waals surface area contributed by atoms with Gasteiger partial charge in [-0.1, -0.05) is 36.4 Å². The van der Waals surface area contributed by atoms with Crippen molar-refractivity contribution in [3.63, 3.8) is 0 Å². The second-order valence-corrected chi connectivity index (χ2v) is 10.2. The van der Waals surface area contributed by atoms with Crippen LogP contribution in [0.2, 0.25) is 0 Å². The first-order chi connectivity index (χ1) is 17.9. The van der Waals surface area contributed by atoms with E-state index in [0.717, 1.165) is 41.7 Å². The van der Waals surface area contributed by atoms with E-state index in [2.05, 4.69) is 10.6 Å². The number of piperidine rings is 1. The summed E-state index contributed by atoms with van der Waals surface area (Å²) in [7, 11) is 0. The molecule has 2 aliphatic heterocycles. The van der Waals surface area contributed by atoms with Crippen molar-refractivity contribution in [2.45, 2.75) is 64.1 Å². The van der Waals surface area contributed by atoms with Crippen LogP contribution in [0.1, 0.15) is 48.8 Å². The molecule has 37 heavy (non-hydrogen) atoms. The van der Waals surface area contributed by atoms with Gasteiger partial charge in [0.15, 0.2) is 0 Å². The van der Waals surface area contributed by atoms with E-state index in [0.29, 0.717) is 45.0 Å². The lowest BCUT2D eigenvalue weighted by atomic mass is 9.94. The molecular weight excluding hydrogens is 468 g/mol. The van der Waals surface area contributed by atoms with E-state index < -0.39 is 18.0 Å². The predicted molar refractivity (Wildman–Crippen MR) is 142 cm³/mol. The summed E-state index contributed by atoms with van der Waals surface area (Å²) in [4.78, 5) is 41.0. The van der Waals surface area contributed by atoms with E-state index in [-0.39, 0.29) is 18.2 Å². The van der Waals surface area contributed by atoms with Crippen LogP contribution in [-0.4, -0.2) is 54.4 Å². The first-order valence-electron chi connectivity index (χ1n) is 13.3. The lowest BCUT2D eigenvalue weighted by Crippen LogP contribution is -2.53. The lowest BCUT2D eigenvalue weighted by molar-refractivity contribution is -0.136. The SMILES string of the molecule is Cc1ccc2cc1CNC(=O)[C@H](CCc1ccccc1)NC(=O)[C@@H](N)CC(=O)N1CCCC(CCO2)C1. The van der Waals surface area contributed by atoms with E-state index in [4.69, 9.17) is 10.5 Å². The number of hydrogen-bond acceptors (Lipinski definition) is 5. The van der Waals surface area contributed by atoms with Gasteiger partial charge in [-0.05, 0) is 73.8 Å². The molecule has 2 heterocycles. The number of rotatable bonds is 3. The van der Waals surface area contributed by atoms with E-state index in [1.807, 2.05) is 60.4 Å². The molecule has 8 nitrogen and oxygen atoms in total. The van der Waals surface area contributed by atoms with Crippen molar-refractivity contribution in [1.82, 2.24) is 15.5 Å². The zero-order chi connectivity index (χ0) is 26.2. The fourth-order valence-corrected chi connectivity index (χ4v) is 5.02. The van der Waals surface area contributed by atoms with Crippen LogP contribution in [-0.2, 0) is 27.3 Å². The van der Waals surface area contributed by atoms with Crippen LogP contribution < -0.4 is 21.1 Å². The van der Waals surface area contributed by atoms with E-state index in [1.165, 1.54) is 0 Å². The highest BCUT2D eigenvalue weighted by Crippen LogP contribution is 2.23. The Morgan fingerprint density at radius 2 is 1.86 bits per heavy atom. The number of carbonyl (C=O) groups excluding carboxylic acids is 3. The second kappa shape index (κ2) is 12.7. The molecule has 0 spiro atoms. The van der Waals surface area contributed by atoms with Gasteiger partial charge in [-0.2, -0.15) is 0 Å². The van der Waals surface area contributed by atoms with Crippen LogP contribution in [0.3, 0.4) is 0 Å². The summed E-state index contributed by atoms with van der Waals surface area (Å²) in [5, 5.41) is 5.79. The number of amides is 3. The van der Waals surface area contributed by atoms with Crippen LogP contribution in [0.25, 0.3) is 0 Å². The highest BCUT2D eigenvalue weighted by Gasteiger charge is 2.29. The third kappa shape index (κ3) is 7.55. The molecule has 2 aromatic carbocycles. The molecule has 198 valence electrons. The quantitative estimate of drug-likeness (QED) is 0.592. The molecule has 3 amide bonds. The molecule has 8 heteroatoms. The van der Waals surface area contributed by atoms with Gasteiger partial charge >= 0.3 is 0 Å². The Hall–Kier alpha value is -3.39. The Bertz CT molecular complexity index is 1090. The molecule has 1 unspecified atom stereocenters. The van der Waals surface area contributed by atoms with Gasteiger partial charge in [0.1, 0.15) is 11.8 Å².